The van der Waals surface area contributed by atoms with E-state index in [-0.39, 0.29) is 19.1 Å². The third-order valence-electron chi connectivity index (χ3n) is 12.9. The van der Waals surface area contributed by atoms with Crippen LogP contribution in [0.1, 0.15) is 277 Å². The molecule has 0 aliphatic rings. The molecule has 0 saturated heterocycles. The number of aliphatic hydroxyl groups excluding tert-OH is 1. The molecule has 3 N–H and O–H groups in total. The Kier molecular flexibility index (Phi) is 47.3. The summed E-state index contributed by atoms with van der Waals surface area (Å²) in [5.41, 5.74) is 0. The van der Waals surface area contributed by atoms with Crippen LogP contribution >= 0.6 is 7.82 Å². The van der Waals surface area contributed by atoms with Crippen LogP contribution in [0.4, 0.5) is 0 Å². The van der Waals surface area contributed by atoms with Crippen LogP contribution in [0, 0.1) is 0 Å². The van der Waals surface area contributed by atoms with E-state index in [1.807, 2.05) is 27.2 Å². The Morgan fingerprint density at radius 3 is 1.23 bits per heavy atom. The van der Waals surface area contributed by atoms with Crippen LogP contribution < -0.4 is 5.32 Å². The number of likely N-dealkylation sites (N-methyl/N-ethyl adjacent to an activating group) is 1. The van der Waals surface area contributed by atoms with Crippen molar-refractivity contribution in [3.05, 3.63) is 24.3 Å². The van der Waals surface area contributed by atoms with Crippen LogP contribution in [0.15, 0.2) is 24.3 Å². The number of nitrogens with zero attached hydrogens (tertiary/aromatic N) is 1. The van der Waals surface area contributed by atoms with E-state index >= 15 is 0 Å². The highest BCUT2D eigenvalue weighted by Crippen LogP contribution is 2.43. The molecule has 3 atom stereocenters. The highest BCUT2D eigenvalue weighted by Gasteiger charge is 2.27. The molecule has 0 aliphatic carbocycles. The molecule has 386 valence electrons. The Labute approximate surface area is 404 Å². The molecule has 65 heavy (non-hydrogen) atoms. The summed E-state index contributed by atoms with van der Waals surface area (Å²) in [5, 5.41) is 13.9. The number of unbranched alkanes of at least 4 members (excludes halogenated alkanes) is 37. The average molecular weight is 940 g/mol. The van der Waals surface area contributed by atoms with Crippen molar-refractivity contribution >= 4 is 13.7 Å². The maximum Gasteiger partial charge on any atom is 0.472 e. The quantitative estimate of drug-likeness (QED) is 0.0243. The molecule has 0 aromatic heterocycles. The third-order valence-corrected chi connectivity index (χ3v) is 13.9. The second-order valence-corrected chi connectivity index (χ2v) is 22.1. The summed E-state index contributed by atoms with van der Waals surface area (Å²) < 4.78 is 23.7. The largest absolute Gasteiger partial charge is 0.472 e. The summed E-state index contributed by atoms with van der Waals surface area (Å²) in [5.74, 6) is -0.181. The molecule has 1 amide bonds. The first kappa shape index (κ1) is 64.0. The first-order valence-electron chi connectivity index (χ1n) is 28.2. The van der Waals surface area contributed by atoms with Gasteiger partial charge in [0.25, 0.3) is 0 Å². The van der Waals surface area contributed by atoms with Crippen molar-refractivity contribution in [3.63, 3.8) is 0 Å². The van der Waals surface area contributed by atoms with Crippen molar-refractivity contribution in [3.8, 4) is 0 Å². The number of quaternary nitrogens is 1. The number of hydrogen-bond acceptors (Lipinski definition) is 5. The predicted molar refractivity (Wildman–Crippen MR) is 281 cm³/mol. The van der Waals surface area contributed by atoms with E-state index in [9.17, 15) is 19.4 Å². The molecule has 0 saturated carbocycles. The fourth-order valence-electron chi connectivity index (χ4n) is 8.47. The molecule has 0 spiro atoms. The summed E-state index contributed by atoms with van der Waals surface area (Å²) in [6.07, 6.45) is 59.9. The number of amides is 1. The lowest BCUT2D eigenvalue weighted by atomic mass is 10.0. The van der Waals surface area contributed by atoms with Crippen LogP contribution in [-0.4, -0.2) is 73.4 Å². The summed E-state index contributed by atoms with van der Waals surface area (Å²) in [6.45, 7) is 4.84. The van der Waals surface area contributed by atoms with Gasteiger partial charge >= 0.3 is 7.82 Å². The van der Waals surface area contributed by atoms with Crippen molar-refractivity contribution in [2.45, 2.75) is 289 Å². The van der Waals surface area contributed by atoms with Gasteiger partial charge in [-0.05, 0) is 32.1 Å². The molecule has 9 heteroatoms. The molecule has 0 aromatic rings. The Bertz CT molecular complexity index is 1110. The minimum Gasteiger partial charge on any atom is -0.387 e. The van der Waals surface area contributed by atoms with Gasteiger partial charge in [0.1, 0.15) is 13.2 Å². The van der Waals surface area contributed by atoms with Crippen molar-refractivity contribution in [1.29, 1.82) is 0 Å². The van der Waals surface area contributed by atoms with E-state index in [0.29, 0.717) is 17.4 Å². The van der Waals surface area contributed by atoms with E-state index in [4.69, 9.17) is 9.05 Å². The van der Waals surface area contributed by atoms with Crippen molar-refractivity contribution in [1.82, 2.24) is 5.32 Å². The van der Waals surface area contributed by atoms with Gasteiger partial charge in [0.05, 0.1) is 39.9 Å². The minimum absolute atomic E-state index is 0.0588. The van der Waals surface area contributed by atoms with Crippen LogP contribution in [0.25, 0.3) is 0 Å². The fraction of sp³-hybridized carbons (Fsp3) is 0.911. The molecule has 8 nitrogen and oxygen atoms in total. The van der Waals surface area contributed by atoms with Crippen LogP contribution in [0.3, 0.4) is 0 Å². The highest BCUT2D eigenvalue weighted by molar-refractivity contribution is 7.47. The van der Waals surface area contributed by atoms with Gasteiger partial charge in [0.2, 0.25) is 5.91 Å². The fourth-order valence-corrected chi connectivity index (χ4v) is 9.21. The van der Waals surface area contributed by atoms with Crippen molar-refractivity contribution in [2.24, 2.45) is 0 Å². The zero-order valence-electron chi connectivity index (χ0n) is 44.0. The number of nitrogens with one attached hydrogen (secondary N) is 1. The number of carbonyl (C=O) groups is 1. The van der Waals surface area contributed by atoms with Crippen molar-refractivity contribution < 1.29 is 32.9 Å². The average Bonchev–Trinajstić information content (AvgIpc) is 3.26. The molecular weight excluding hydrogens is 828 g/mol. The maximum absolute atomic E-state index is 13.0. The lowest BCUT2D eigenvalue weighted by Gasteiger charge is -2.25. The molecule has 3 unspecified atom stereocenters. The molecule has 0 bridgehead atoms. The number of aliphatic hydroxyl groups is 1. The van der Waals surface area contributed by atoms with Gasteiger partial charge in [-0.15, -0.1) is 0 Å². The van der Waals surface area contributed by atoms with Crippen LogP contribution in [0.5, 0.6) is 0 Å². The van der Waals surface area contributed by atoms with Gasteiger partial charge in [-0.3, -0.25) is 13.8 Å². The summed E-state index contributed by atoms with van der Waals surface area (Å²) >= 11 is 0. The van der Waals surface area contributed by atoms with E-state index in [2.05, 4.69) is 31.3 Å². The standard InChI is InChI=1S/C56H111N2O6P/c1-6-8-10-12-14-16-18-20-22-24-26-28-30-32-34-36-38-40-42-44-46-48-50-56(60)57-54(53-64-65(61,62)63-52-51-58(3,4)5)55(59)49-47-45-43-41-39-37-35-33-31-29-27-25-23-21-19-17-15-13-11-9-7-2/h39,41,47,49,54-55,59H,6-38,40,42-46,48,50-53H2,1-5H3,(H-,57,60,61,62)/p+1/b41-39+,49-47+. The number of phosphoric acid groups is 1. The summed E-state index contributed by atoms with van der Waals surface area (Å²) in [7, 11) is 1.57. The monoisotopic (exact) mass is 940 g/mol. The van der Waals surface area contributed by atoms with Gasteiger partial charge < -0.3 is 19.8 Å². The predicted octanol–water partition coefficient (Wildman–Crippen LogP) is 16.8. The SMILES string of the molecule is CCCCCCCCCCCCCCCCC/C=C/CC/C=C/C(O)C(COP(=O)(O)OCC[N+](C)(C)C)NC(=O)CCCCCCCCCCCCCCCCCCCCCCCC. The maximum atomic E-state index is 13.0. The number of allylic oxidation sites excluding steroid dienone is 3. The van der Waals surface area contributed by atoms with E-state index < -0.39 is 20.0 Å². The van der Waals surface area contributed by atoms with Crippen LogP contribution in [-0.2, 0) is 18.4 Å². The van der Waals surface area contributed by atoms with E-state index in [0.717, 1.165) is 38.5 Å². The highest BCUT2D eigenvalue weighted by atomic mass is 31.2. The lowest BCUT2D eigenvalue weighted by Crippen LogP contribution is -2.45. The van der Waals surface area contributed by atoms with Gasteiger partial charge in [-0.25, -0.2) is 4.57 Å². The number of carbonyl (C=O) groups excluding carboxylic acids is 1. The Hall–Kier alpha value is -1.02. The zero-order chi connectivity index (χ0) is 47.8. The lowest BCUT2D eigenvalue weighted by molar-refractivity contribution is -0.870. The molecule has 0 aromatic carbocycles. The topological polar surface area (TPSA) is 105 Å². The molecule has 0 aliphatic heterocycles. The Balaban J connectivity index is 4.25. The second kappa shape index (κ2) is 48.0. The Morgan fingerprint density at radius 1 is 0.508 bits per heavy atom. The molecule has 0 radical (unpaired) electrons. The first-order valence-corrected chi connectivity index (χ1v) is 29.7. The van der Waals surface area contributed by atoms with Crippen LogP contribution in [0.2, 0.25) is 0 Å². The molecular formula is C56H112N2O6P+. The van der Waals surface area contributed by atoms with Gasteiger partial charge in [0.15, 0.2) is 0 Å². The van der Waals surface area contributed by atoms with Gasteiger partial charge in [-0.2, -0.15) is 0 Å². The summed E-state index contributed by atoms with van der Waals surface area (Å²) in [4.78, 5) is 23.3. The van der Waals surface area contributed by atoms with E-state index in [1.54, 1.807) is 6.08 Å². The number of hydrogen-bond donors (Lipinski definition) is 3. The normalized spacial score (nSPS) is 14.1. The second-order valence-electron chi connectivity index (χ2n) is 20.7. The minimum atomic E-state index is -4.35. The van der Waals surface area contributed by atoms with E-state index in [1.165, 1.54) is 218 Å². The first-order chi connectivity index (χ1) is 31.5. The smallest absolute Gasteiger partial charge is 0.387 e. The zero-order valence-corrected chi connectivity index (χ0v) is 44.9. The summed E-state index contributed by atoms with van der Waals surface area (Å²) in [6, 6.07) is -0.860. The van der Waals surface area contributed by atoms with Crippen molar-refractivity contribution in [2.75, 3.05) is 40.9 Å². The van der Waals surface area contributed by atoms with Gasteiger partial charge in [-0.1, -0.05) is 263 Å². The van der Waals surface area contributed by atoms with Gasteiger partial charge in [0, 0.05) is 6.42 Å². The number of phosphoric ester groups is 1. The third kappa shape index (κ3) is 50.7. The molecule has 0 rings (SSSR count). The molecule has 0 heterocycles. The molecule has 0 fully saturated rings. The number of rotatable bonds is 52. The Morgan fingerprint density at radius 2 is 0.846 bits per heavy atom.